The Hall–Kier alpha value is -2.43. The lowest BCUT2D eigenvalue weighted by Crippen LogP contribution is -2.19. The smallest absolute Gasteiger partial charge is 0.250 e. The predicted molar refractivity (Wildman–Crippen MR) is 116 cm³/mol. The van der Waals surface area contributed by atoms with E-state index in [1.165, 1.54) is 23.1 Å². The number of aromatic nitrogens is 2. The first-order chi connectivity index (χ1) is 13.6. The van der Waals surface area contributed by atoms with E-state index >= 15 is 0 Å². The van der Waals surface area contributed by atoms with Crippen LogP contribution in [0.1, 0.15) is 11.1 Å². The first-order valence-electron chi connectivity index (χ1n) is 8.10. The molecule has 0 saturated heterocycles. The number of carbonyl (C=O) groups is 1. The molecule has 28 heavy (non-hydrogen) atoms. The van der Waals surface area contributed by atoms with Crippen molar-refractivity contribution in [3.05, 3.63) is 64.1 Å². The Kier molecular flexibility index (Phi) is 7.40. The maximum Gasteiger partial charge on any atom is 0.250 e. The van der Waals surface area contributed by atoms with E-state index in [4.69, 9.17) is 10.5 Å². The van der Waals surface area contributed by atoms with Crippen molar-refractivity contribution in [2.24, 2.45) is 5.10 Å². The van der Waals surface area contributed by atoms with Crippen LogP contribution in [-0.4, -0.2) is 28.1 Å². The summed E-state index contributed by atoms with van der Waals surface area (Å²) < 4.78 is 7.41. The third-order valence-electron chi connectivity index (χ3n) is 3.35. The molecule has 0 aliphatic heterocycles. The number of thioether (sulfide) groups is 1. The van der Waals surface area contributed by atoms with Crippen LogP contribution in [0.25, 0.3) is 0 Å². The molecule has 0 radical (unpaired) electrons. The van der Waals surface area contributed by atoms with Crippen molar-refractivity contribution < 1.29 is 9.53 Å². The van der Waals surface area contributed by atoms with E-state index in [1.54, 1.807) is 6.21 Å². The van der Waals surface area contributed by atoms with Crippen molar-refractivity contribution in [2.75, 3.05) is 11.5 Å². The lowest BCUT2D eigenvalue weighted by atomic mass is 10.2. The van der Waals surface area contributed by atoms with Gasteiger partial charge in [0.05, 0.1) is 12.0 Å². The van der Waals surface area contributed by atoms with Crippen LogP contribution in [-0.2, 0) is 11.4 Å². The molecule has 0 bridgehead atoms. The van der Waals surface area contributed by atoms with Gasteiger partial charge < -0.3 is 10.5 Å². The van der Waals surface area contributed by atoms with Gasteiger partial charge in [0, 0.05) is 10.0 Å². The number of rotatable bonds is 8. The van der Waals surface area contributed by atoms with Gasteiger partial charge in [-0.3, -0.25) is 4.79 Å². The van der Waals surface area contributed by atoms with Gasteiger partial charge in [0.2, 0.25) is 5.13 Å². The standard InChI is InChI=1S/C18H16BrN5O2S2/c19-14-6-7-15(26-10-12-4-2-1-3-5-12)13(8-14)9-21-22-16(25)11-27-18-24-23-17(20)28-18/h1-9H,10-11H2,(H2,20,23)(H,22,25). The van der Waals surface area contributed by atoms with Crippen LogP contribution in [0.15, 0.2) is 62.4 Å². The second kappa shape index (κ2) is 10.2. The summed E-state index contributed by atoms with van der Waals surface area (Å²) in [4.78, 5) is 11.9. The van der Waals surface area contributed by atoms with E-state index in [1.807, 2.05) is 48.5 Å². The molecule has 3 aromatic rings. The lowest BCUT2D eigenvalue weighted by molar-refractivity contribution is -0.118. The summed E-state index contributed by atoms with van der Waals surface area (Å²) in [6.07, 6.45) is 1.55. The molecule has 2 aromatic carbocycles. The van der Waals surface area contributed by atoms with E-state index in [9.17, 15) is 4.79 Å². The van der Waals surface area contributed by atoms with Gasteiger partial charge in [-0.1, -0.05) is 69.4 Å². The van der Waals surface area contributed by atoms with Crippen LogP contribution >= 0.6 is 39.0 Å². The van der Waals surface area contributed by atoms with Crippen molar-refractivity contribution in [1.82, 2.24) is 15.6 Å². The largest absolute Gasteiger partial charge is 0.488 e. The summed E-state index contributed by atoms with van der Waals surface area (Å²) in [5.74, 6) is 0.586. The van der Waals surface area contributed by atoms with E-state index in [-0.39, 0.29) is 11.7 Å². The molecule has 0 saturated carbocycles. The third kappa shape index (κ3) is 6.32. The lowest BCUT2D eigenvalue weighted by Gasteiger charge is -2.09. The molecule has 0 spiro atoms. The van der Waals surface area contributed by atoms with Crippen LogP contribution in [0.4, 0.5) is 5.13 Å². The number of nitrogens with zero attached hydrogens (tertiary/aromatic N) is 3. The molecule has 0 fully saturated rings. The number of amides is 1. The fourth-order valence-electron chi connectivity index (χ4n) is 2.10. The first kappa shape index (κ1) is 20.3. The molecule has 1 aromatic heterocycles. The average molecular weight is 478 g/mol. The summed E-state index contributed by atoms with van der Waals surface area (Å²) in [6, 6.07) is 15.5. The quantitative estimate of drug-likeness (QED) is 0.291. The van der Waals surface area contributed by atoms with Crippen molar-refractivity contribution in [3.63, 3.8) is 0 Å². The van der Waals surface area contributed by atoms with Crippen molar-refractivity contribution in [3.8, 4) is 5.75 Å². The zero-order valence-corrected chi connectivity index (χ0v) is 17.8. The maximum absolute atomic E-state index is 11.9. The topological polar surface area (TPSA) is 102 Å². The van der Waals surface area contributed by atoms with Gasteiger partial charge in [-0.2, -0.15) is 5.10 Å². The Morgan fingerprint density at radius 1 is 1.29 bits per heavy atom. The summed E-state index contributed by atoms with van der Waals surface area (Å²) in [6.45, 7) is 0.442. The Bertz CT molecular complexity index is 966. The third-order valence-corrected chi connectivity index (χ3v) is 5.73. The normalized spacial score (nSPS) is 10.9. The number of benzene rings is 2. The summed E-state index contributed by atoms with van der Waals surface area (Å²) >= 11 is 5.93. The molecule has 144 valence electrons. The van der Waals surface area contributed by atoms with Gasteiger partial charge in [0.1, 0.15) is 12.4 Å². The molecular weight excluding hydrogens is 462 g/mol. The zero-order chi connectivity index (χ0) is 19.8. The number of halogens is 1. The van der Waals surface area contributed by atoms with Crippen LogP contribution < -0.4 is 15.9 Å². The molecule has 1 amide bonds. The van der Waals surface area contributed by atoms with E-state index in [0.717, 1.165) is 15.6 Å². The minimum absolute atomic E-state index is 0.168. The number of ether oxygens (including phenoxy) is 1. The highest BCUT2D eigenvalue weighted by molar-refractivity contribution is 9.10. The monoisotopic (exact) mass is 477 g/mol. The highest BCUT2D eigenvalue weighted by atomic mass is 79.9. The van der Waals surface area contributed by atoms with Gasteiger partial charge in [-0.25, -0.2) is 5.43 Å². The summed E-state index contributed by atoms with van der Waals surface area (Å²) in [5.41, 5.74) is 9.81. The predicted octanol–water partition coefficient (Wildman–Crippen LogP) is 3.70. The second-order valence-corrected chi connectivity index (χ2v) is 8.59. The Balaban J connectivity index is 1.56. The highest BCUT2D eigenvalue weighted by Gasteiger charge is 2.07. The molecule has 0 unspecified atom stereocenters. The molecule has 0 aliphatic rings. The SMILES string of the molecule is Nc1nnc(SCC(=O)NN=Cc2cc(Br)ccc2OCc2ccccc2)s1. The number of hydrogen-bond acceptors (Lipinski definition) is 8. The summed E-state index contributed by atoms with van der Waals surface area (Å²) in [7, 11) is 0. The number of nitrogens with one attached hydrogen (secondary N) is 1. The van der Waals surface area contributed by atoms with Gasteiger partial charge in [0.15, 0.2) is 4.34 Å². The van der Waals surface area contributed by atoms with Crippen LogP contribution in [0.3, 0.4) is 0 Å². The molecule has 3 rings (SSSR count). The minimum atomic E-state index is -0.253. The Labute approximate surface area is 178 Å². The zero-order valence-electron chi connectivity index (χ0n) is 14.5. The number of hydrogen-bond donors (Lipinski definition) is 2. The molecule has 0 aliphatic carbocycles. The van der Waals surface area contributed by atoms with E-state index < -0.39 is 0 Å². The van der Waals surface area contributed by atoms with Gasteiger partial charge in [-0.15, -0.1) is 10.2 Å². The average Bonchev–Trinajstić information content (AvgIpc) is 3.12. The number of hydrazone groups is 1. The first-order valence-corrected chi connectivity index (χ1v) is 10.7. The van der Waals surface area contributed by atoms with Crippen LogP contribution in [0, 0.1) is 0 Å². The molecule has 1 heterocycles. The molecule has 0 atom stereocenters. The number of nitrogen functional groups attached to an aromatic ring is 1. The van der Waals surface area contributed by atoms with E-state index in [0.29, 0.717) is 21.8 Å². The Morgan fingerprint density at radius 3 is 2.86 bits per heavy atom. The maximum atomic E-state index is 11.9. The van der Waals surface area contributed by atoms with Crippen molar-refractivity contribution >= 4 is 56.3 Å². The number of anilines is 1. The van der Waals surface area contributed by atoms with Crippen LogP contribution in [0.2, 0.25) is 0 Å². The molecular formula is C18H16BrN5O2S2. The van der Waals surface area contributed by atoms with Gasteiger partial charge >= 0.3 is 0 Å². The highest BCUT2D eigenvalue weighted by Crippen LogP contribution is 2.24. The minimum Gasteiger partial charge on any atom is -0.488 e. The fraction of sp³-hybridized carbons (Fsp3) is 0.111. The Morgan fingerprint density at radius 2 is 2.11 bits per heavy atom. The van der Waals surface area contributed by atoms with Gasteiger partial charge in [0.25, 0.3) is 5.91 Å². The van der Waals surface area contributed by atoms with Crippen molar-refractivity contribution in [2.45, 2.75) is 10.9 Å². The molecule has 3 N–H and O–H groups in total. The van der Waals surface area contributed by atoms with Gasteiger partial charge in [-0.05, 0) is 23.8 Å². The van der Waals surface area contributed by atoms with Crippen LogP contribution in [0.5, 0.6) is 5.75 Å². The molecule has 10 heteroatoms. The second-order valence-electron chi connectivity index (χ2n) is 5.44. The molecule has 7 nitrogen and oxygen atoms in total. The number of nitrogens with two attached hydrogens (primary N) is 1. The number of carbonyl (C=O) groups excluding carboxylic acids is 1. The van der Waals surface area contributed by atoms with Crippen molar-refractivity contribution in [1.29, 1.82) is 0 Å². The van der Waals surface area contributed by atoms with E-state index in [2.05, 4.69) is 36.7 Å². The fourth-order valence-corrected chi connectivity index (χ4v) is 3.91. The summed E-state index contributed by atoms with van der Waals surface area (Å²) in [5, 5.41) is 11.9.